The molecular weight excluding hydrogens is 160 g/mol. The second-order valence-corrected chi connectivity index (χ2v) is 4.68. The Morgan fingerprint density at radius 3 is 2.69 bits per heavy atom. The molecule has 3 unspecified atom stereocenters. The second-order valence-electron chi connectivity index (χ2n) is 4.68. The summed E-state index contributed by atoms with van der Waals surface area (Å²) < 4.78 is 0. The quantitative estimate of drug-likeness (QED) is 0.653. The first kappa shape index (κ1) is 10.7. The lowest BCUT2D eigenvalue weighted by Gasteiger charge is -2.27. The maximum absolute atomic E-state index is 11.9. The molecule has 1 aliphatic carbocycles. The molecule has 1 saturated carbocycles. The highest BCUT2D eigenvalue weighted by Crippen LogP contribution is 2.31. The molecule has 0 radical (unpaired) electrons. The first-order valence-electron chi connectivity index (χ1n) is 5.68. The van der Waals surface area contributed by atoms with E-state index in [9.17, 15) is 4.79 Å². The van der Waals surface area contributed by atoms with E-state index < -0.39 is 0 Å². The number of hydrogen-bond donors (Lipinski definition) is 0. The smallest absolute Gasteiger partial charge is 0.138 e. The molecule has 0 aliphatic heterocycles. The summed E-state index contributed by atoms with van der Waals surface area (Å²) in [5, 5.41) is 0. The number of Topliss-reactive ketones (excluding diaryl/α,β-unsaturated/α-hetero) is 1. The summed E-state index contributed by atoms with van der Waals surface area (Å²) in [6.07, 6.45) is 5.87. The fraction of sp³-hybridized carbons (Fsp3) is 0.917. The van der Waals surface area contributed by atoms with E-state index in [1.54, 1.807) is 0 Å². The van der Waals surface area contributed by atoms with Gasteiger partial charge in [-0.15, -0.1) is 0 Å². The van der Waals surface area contributed by atoms with Gasteiger partial charge in [0.2, 0.25) is 0 Å². The first-order chi connectivity index (χ1) is 6.15. The van der Waals surface area contributed by atoms with Gasteiger partial charge in [0.15, 0.2) is 0 Å². The van der Waals surface area contributed by atoms with Gasteiger partial charge in [-0.1, -0.05) is 33.6 Å². The van der Waals surface area contributed by atoms with Crippen molar-refractivity contribution in [1.82, 2.24) is 0 Å². The number of carbonyl (C=O) groups excluding carboxylic acids is 1. The molecule has 1 fully saturated rings. The highest BCUT2D eigenvalue weighted by atomic mass is 16.1. The van der Waals surface area contributed by atoms with E-state index in [0.29, 0.717) is 11.7 Å². The summed E-state index contributed by atoms with van der Waals surface area (Å²) in [7, 11) is 0. The molecule has 13 heavy (non-hydrogen) atoms. The Morgan fingerprint density at radius 1 is 1.46 bits per heavy atom. The van der Waals surface area contributed by atoms with Crippen LogP contribution >= 0.6 is 0 Å². The molecule has 1 nitrogen and oxygen atoms in total. The Bertz CT molecular complexity index is 174. The minimum Gasteiger partial charge on any atom is -0.299 e. The Labute approximate surface area is 81.9 Å². The van der Waals surface area contributed by atoms with Crippen LogP contribution in [0.3, 0.4) is 0 Å². The standard InChI is InChI=1S/C12H22O/c1-4-10(3)12(13)11-7-5-6-9(2)8-11/h9-11H,4-8H2,1-3H3. The summed E-state index contributed by atoms with van der Waals surface area (Å²) >= 11 is 0. The summed E-state index contributed by atoms with van der Waals surface area (Å²) in [6.45, 7) is 6.45. The van der Waals surface area contributed by atoms with Crippen LogP contribution in [0.25, 0.3) is 0 Å². The van der Waals surface area contributed by atoms with Crippen LogP contribution in [-0.2, 0) is 4.79 Å². The third-order valence-corrected chi connectivity index (χ3v) is 3.44. The minimum atomic E-state index is 0.287. The van der Waals surface area contributed by atoms with Crippen LogP contribution in [0.5, 0.6) is 0 Å². The molecule has 0 bridgehead atoms. The van der Waals surface area contributed by atoms with E-state index in [4.69, 9.17) is 0 Å². The summed E-state index contributed by atoms with van der Waals surface area (Å²) in [4.78, 5) is 11.9. The van der Waals surface area contributed by atoms with Crippen LogP contribution in [0, 0.1) is 17.8 Å². The van der Waals surface area contributed by atoms with Crippen LogP contribution in [0.4, 0.5) is 0 Å². The molecular formula is C12H22O. The summed E-state index contributed by atoms with van der Waals surface area (Å²) in [5.74, 6) is 1.97. The fourth-order valence-electron chi connectivity index (χ4n) is 2.30. The van der Waals surface area contributed by atoms with Gasteiger partial charge < -0.3 is 0 Å². The van der Waals surface area contributed by atoms with Gasteiger partial charge >= 0.3 is 0 Å². The average molecular weight is 182 g/mol. The normalized spacial score (nSPS) is 31.3. The Kier molecular flexibility index (Phi) is 3.95. The lowest BCUT2D eigenvalue weighted by molar-refractivity contribution is -0.127. The fourth-order valence-corrected chi connectivity index (χ4v) is 2.30. The average Bonchev–Trinajstić information content (AvgIpc) is 2.15. The molecule has 1 aliphatic rings. The number of rotatable bonds is 3. The molecule has 1 heteroatoms. The number of hydrogen-bond acceptors (Lipinski definition) is 1. The Hall–Kier alpha value is -0.330. The second kappa shape index (κ2) is 4.78. The third-order valence-electron chi connectivity index (χ3n) is 3.44. The number of ketones is 1. The van der Waals surface area contributed by atoms with Gasteiger partial charge in [-0.2, -0.15) is 0 Å². The van der Waals surface area contributed by atoms with Crippen molar-refractivity contribution in [3.63, 3.8) is 0 Å². The zero-order chi connectivity index (χ0) is 9.84. The van der Waals surface area contributed by atoms with Crippen molar-refractivity contribution in [2.24, 2.45) is 17.8 Å². The summed E-state index contributed by atoms with van der Waals surface area (Å²) in [5.41, 5.74) is 0. The monoisotopic (exact) mass is 182 g/mol. The van der Waals surface area contributed by atoms with Gasteiger partial charge in [-0.05, 0) is 25.2 Å². The van der Waals surface area contributed by atoms with E-state index in [1.165, 1.54) is 12.8 Å². The van der Waals surface area contributed by atoms with Gasteiger partial charge in [0.25, 0.3) is 0 Å². The molecule has 0 amide bonds. The lowest BCUT2D eigenvalue weighted by Crippen LogP contribution is -2.26. The van der Waals surface area contributed by atoms with E-state index >= 15 is 0 Å². The largest absolute Gasteiger partial charge is 0.299 e. The maximum atomic E-state index is 11.9. The van der Waals surface area contributed by atoms with Crippen molar-refractivity contribution >= 4 is 5.78 Å². The van der Waals surface area contributed by atoms with Crippen LogP contribution in [0.15, 0.2) is 0 Å². The van der Waals surface area contributed by atoms with Crippen molar-refractivity contribution in [3.05, 3.63) is 0 Å². The maximum Gasteiger partial charge on any atom is 0.138 e. The first-order valence-corrected chi connectivity index (χ1v) is 5.68. The van der Waals surface area contributed by atoms with Gasteiger partial charge in [0.05, 0.1) is 0 Å². The van der Waals surface area contributed by atoms with E-state index in [2.05, 4.69) is 20.8 Å². The topological polar surface area (TPSA) is 17.1 Å². The molecule has 0 heterocycles. The van der Waals surface area contributed by atoms with Crippen LogP contribution in [-0.4, -0.2) is 5.78 Å². The molecule has 0 aromatic heterocycles. The molecule has 0 aromatic carbocycles. The van der Waals surface area contributed by atoms with Crippen LogP contribution in [0.2, 0.25) is 0 Å². The SMILES string of the molecule is CCC(C)C(=O)C1CCCC(C)C1. The zero-order valence-electron chi connectivity index (χ0n) is 9.18. The Balaban J connectivity index is 2.46. The molecule has 0 spiro atoms. The van der Waals surface area contributed by atoms with E-state index in [-0.39, 0.29) is 5.92 Å². The van der Waals surface area contributed by atoms with E-state index in [0.717, 1.165) is 25.2 Å². The molecule has 3 atom stereocenters. The van der Waals surface area contributed by atoms with E-state index in [1.807, 2.05) is 0 Å². The molecule has 0 saturated heterocycles. The summed E-state index contributed by atoms with van der Waals surface area (Å²) in [6, 6.07) is 0. The predicted molar refractivity (Wildman–Crippen MR) is 55.6 cm³/mol. The highest BCUT2D eigenvalue weighted by molar-refractivity contribution is 5.83. The minimum absolute atomic E-state index is 0.287. The van der Waals surface area contributed by atoms with Crippen molar-refractivity contribution in [1.29, 1.82) is 0 Å². The van der Waals surface area contributed by atoms with Crippen LogP contribution < -0.4 is 0 Å². The number of carbonyl (C=O) groups is 1. The van der Waals surface area contributed by atoms with Gasteiger partial charge in [-0.3, -0.25) is 4.79 Å². The Morgan fingerprint density at radius 2 is 2.15 bits per heavy atom. The molecule has 1 rings (SSSR count). The predicted octanol–water partition coefficient (Wildman–Crippen LogP) is 3.43. The molecule has 0 N–H and O–H groups in total. The molecule has 76 valence electrons. The van der Waals surface area contributed by atoms with Crippen molar-refractivity contribution in [2.45, 2.75) is 52.9 Å². The van der Waals surface area contributed by atoms with Crippen LogP contribution in [0.1, 0.15) is 52.9 Å². The highest BCUT2D eigenvalue weighted by Gasteiger charge is 2.27. The lowest BCUT2D eigenvalue weighted by atomic mass is 9.77. The van der Waals surface area contributed by atoms with Crippen molar-refractivity contribution in [3.8, 4) is 0 Å². The van der Waals surface area contributed by atoms with Crippen molar-refractivity contribution in [2.75, 3.05) is 0 Å². The van der Waals surface area contributed by atoms with Gasteiger partial charge in [0, 0.05) is 11.8 Å². The molecule has 0 aromatic rings. The van der Waals surface area contributed by atoms with Crippen molar-refractivity contribution < 1.29 is 4.79 Å². The third kappa shape index (κ3) is 2.82. The van der Waals surface area contributed by atoms with Gasteiger partial charge in [-0.25, -0.2) is 0 Å². The van der Waals surface area contributed by atoms with Gasteiger partial charge in [0.1, 0.15) is 5.78 Å². The zero-order valence-corrected chi connectivity index (χ0v) is 9.18.